The molecule has 0 bridgehead atoms. The Kier molecular flexibility index (Phi) is 4.03. The highest BCUT2D eigenvalue weighted by atomic mass is 35.5. The molecule has 0 spiro atoms. The summed E-state index contributed by atoms with van der Waals surface area (Å²) in [4.78, 5) is -0.181. The Balaban J connectivity index is 2.26. The Morgan fingerprint density at radius 3 is 2.63 bits per heavy atom. The van der Waals surface area contributed by atoms with Crippen LogP contribution in [-0.4, -0.2) is 14.5 Å². The van der Waals surface area contributed by atoms with Crippen LogP contribution in [-0.2, 0) is 10.0 Å². The predicted molar refractivity (Wildman–Crippen MR) is 72.9 cm³/mol. The lowest BCUT2D eigenvalue weighted by molar-refractivity contribution is 0.260. The number of nitrogens with two attached hydrogens (primary N) is 1. The summed E-state index contributed by atoms with van der Waals surface area (Å²) in [7, 11) is -3.78. The van der Waals surface area contributed by atoms with E-state index in [1.165, 1.54) is 0 Å². The fourth-order valence-electron chi connectivity index (χ4n) is 2.10. The second-order valence-electron chi connectivity index (χ2n) is 4.91. The average molecular weight is 307 g/mol. The molecule has 0 aromatic heterocycles. The van der Waals surface area contributed by atoms with Gasteiger partial charge in [0.25, 0.3) is 0 Å². The van der Waals surface area contributed by atoms with Crippen molar-refractivity contribution in [1.29, 1.82) is 0 Å². The van der Waals surface area contributed by atoms with Crippen LogP contribution in [0.15, 0.2) is 17.0 Å². The van der Waals surface area contributed by atoms with Crippen molar-refractivity contribution < 1.29 is 12.8 Å². The monoisotopic (exact) mass is 306 g/mol. The number of hydrogen-bond acceptors (Lipinski definition) is 3. The van der Waals surface area contributed by atoms with Crippen LogP contribution in [0, 0.1) is 11.7 Å². The molecule has 0 aliphatic heterocycles. The lowest BCUT2D eigenvalue weighted by Gasteiger charge is -2.31. The van der Waals surface area contributed by atoms with Crippen molar-refractivity contribution in [3.05, 3.63) is 23.0 Å². The van der Waals surface area contributed by atoms with Crippen LogP contribution >= 0.6 is 11.6 Å². The van der Waals surface area contributed by atoms with Gasteiger partial charge in [0.15, 0.2) is 0 Å². The first-order chi connectivity index (χ1) is 8.81. The number of benzene rings is 1. The summed E-state index contributed by atoms with van der Waals surface area (Å²) in [6.45, 7) is 1.82. The normalized spacial score (nSPS) is 18.1. The molecule has 2 rings (SSSR count). The fraction of sp³-hybridized carbons (Fsp3) is 0.500. The van der Waals surface area contributed by atoms with Crippen molar-refractivity contribution in [1.82, 2.24) is 4.72 Å². The third kappa shape index (κ3) is 3.01. The molecule has 0 heterocycles. The summed E-state index contributed by atoms with van der Waals surface area (Å²) in [5, 5.41) is -0.167. The van der Waals surface area contributed by atoms with Gasteiger partial charge in [-0.3, -0.25) is 0 Å². The summed E-state index contributed by atoms with van der Waals surface area (Å²) in [6.07, 6.45) is 3.16. The molecule has 1 aliphatic carbocycles. The van der Waals surface area contributed by atoms with Crippen LogP contribution in [0.3, 0.4) is 0 Å². The van der Waals surface area contributed by atoms with Crippen LogP contribution in [0.5, 0.6) is 0 Å². The van der Waals surface area contributed by atoms with Crippen molar-refractivity contribution in [2.45, 2.75) is 37.1 Å². The van der Waals surface area contributed by atoms with Crippen LogP contribution in [0.4, 0.5) is 10.1 Å². The summed E-state index contributed by atoms with van der Waals surface area (Å²) < 4.78 is 40.1. The van der Waals surface area contributed by atoms with Gasteiger partial charge in [-0.05, 0) is 37.8 Å². The standard InChI is InChI=1S/C12H16ClFN2O2S/c1-7(8-3-2-4-8)16-19(17,18)12-6-11(15)10(14)5-9(12)13/h5-8,16H,2-4,15H2,1H3. The number of nitrogens with one attached hydrogen (secondary N) is 1. The van der Waals surface area contributed by atoms with Gasteiger partial charge < -0.3 is 5.73 Å². The van der Waals surface area contributed by atoms with E-state index in [9.17, 15) is 12.8 Å². The molecule has 1 fully saturated rings. The van der Waals surface area contributed by atoms with E-state index in [4.69, 9.17) is 17.3 Å². The summed E-state index contributed by atoms with van der Waals surface area (Å²) >= 11 is 5.78. The average Bonchev–Trinajstić information content (AvgIpc) is 2.19. The van der Waals surface area contributed by atoms with E-state index in [0.717, 1.165) is 31.4 Å². The minimum absolute atomic E-state index is 0.166. The highest BCUT2D eigenvalue weighted by Gasteiger charge is 2.29. The number of rotatable bonds is 4. The summed E-state index contributed by atoms with van der Waals surface area (Å²) in [5.74, 6) is -0.373. The molecule has 1 aromatic rings. The zero-order chi connectivity index (χ0) is 14.2. The van der Waals surface area contributed by atoms with Gasteiger partial charge in [-0.2, -0.15) is 0 Å². The molecule has 1 atom stereocenters. The van der Waals surface area contributed by atoms with Gasteiger partial charge in [0.05, 0.1) is 10.7 Å². The van der Waals surface area contributed by atoms with E-state index in [0.29, 0.717) is 5.92 Å². The Hall–Kier alpha value is -0.850. The van der Waals surface area contributed by atoms with Gasteiger partial charge in [0.1, 0.15) is 10.7 Å². The van der Waals surface area contributed by atoms with E-state index in [1.807, 2.05) is 6.92 Å². The molecule has 1 saturated carbocycles. The zero-order valence-corrected chi connectivity index (χ0v) is 12.1. The Morgan fingerprint density at radius 2 is 2.11 bits per heavy atom. The topological polar surface area (TPSA) is 72.2 Å². The molecule has 0 saturated heterocycles. The highest BCUT2D eigenvalue weighted by molar-refractivity contribution is 7.89. The molecule has 1 aliphatic rings. The zero-order valence-electron chi connectivity index (χ0n) is 10.5. The van der Waals surface area contributed by atoms with Crippen molar-refractivity contribution in [3.63, 3.8) is 0 Å². The number of anilines is 1. The fourth-order valence-corrected chi connectivity index (χ4v) is 3.96. The summed E-state index contributed by atoms with van der Waals surface area (Å²) in [6, 6.07) is 1.80. The molecular weight excluding hydrogens is 291 g/mol. The second-order valence-corrected chi connectivity index (χ2v) is 6.99. The van der Waals surface area contributed by atoms with Gasteiger partial charge in [-0.25, -0.2) is 17.5 Å². The van der Waals surface area contributed by atoms with Gasteiger partial charge in [0.2, 0.25) is 10.0 Å². The van der Waals surface area contributed by atoms with Crippen LogP contribution in [0.25, 0.3) is 0 Å². The van der Waals surface area contributed by atoms with Crippen molar-refractivity contribution in [3.8, 4) is 0 Å². The van der Waals surface area contributed by atoms with Crippen LogP contribution < -0.4 is 10.5 Å². The second kappa shape index (κ2) is 5.26. The third-order valence-corrected chi connectivity index (χ3v) is 5.56. The van der Waals surface area contributed by atoms with Gasteiger partial charge in [-0.15, -0.1) is 0 Å². The lowest BCUT2D eigenvalue weighted by atomic mass is 9.81. The Bertz CT molecular complexity index is 588. The maximum atomic E-state index is 13.2. The molecule has 1 unspecified atom stereocenters. The largest absolute Gasteiger partial charge is 0.396 e. The first-order valence-corrected chi connectivity index (χ1v) is 7.94. The van der Waals surface area contributed by atoms with E-state index in [-0.39, 0.29) is 21.6 Å². The molecule has 1 aromatic carbocycles. The van der Waals surface area contributed by atoms with Crippen molar-refractivity contribution in [2.24, 2.45) is 5.92 Å². The third-order valence-electron chi connectivity index (χ3n) is 3.54. The summed E-state index contributed by atoms with van der Waals surface area (Å²) in [5.41, 5.74) is 5.15. The molecule has 19 heavy (non-hydrogen) atoms. The molecule has 3 N–H and O–H groups in total. The first kappa shape index (κ1) is 14.6. The lowest BCUT2D eigenvalue weighted by Crippen LogP contribution is -2.40. The van der Waals surface area contributed by atoms with Gasteiger partial charge in [0, 0.05) is 6.04 Å². The van der Waals surface area contributed by atoms with Gasteiger partial charge in [-0.1, -0.05) is 18.0 Å². The van der Waals surface area contributed by atoms with Crippen molar-refractivity contribution >= 4 is 27.3 Å². The maximum Gasteiger partial charge on any atom is 0.242 e. The number of hydrogen-bond donors (Lipinski definition) is 2. The minimum atomic E-state index is -3.78. The SMILES string of the molecule is CC(NS(=O)(=O)c1cc(N)c(F)cc1Cl)C1CCC1. The van der Waals surface area contributed by atoms with Crippen LogP contribution in [0.1, 0.15) is 26.2 Å². The molecule has 0 radical (unpaired) electrons. The van der Waals surface area contributed by atoms with Crippen LogP contribution in [0.2, 0.25) is 5.02 Å². The smallest absolute Gasteiger partial charge is 0.242 e. The molecule has 7 heteroatoms. The number of sulfonamides is 1. The van der Waals surface area contributed by atoms with Crippen molar-refractivity contribution in [2.75, 3.05) is 5.73 Å². The molecular formula is C12H16ClFN2O2S. The Labute approximate surface area is 117 Å². The van der Waals surface area contributed by atoms with Gasteiger partial charge >= 0.3 is 0 Å². The van der Waals surface area contributed by atoms with E-state index < -0.39 is 15.8 Å². The van der Waals surface area contributed by atoms with E-state index in [1.54, 1.807) is 0 Å². The highest BCUT2D eigenvalue weighted by Crippen LogP contribution is 2.31. The van der Waals surface area contributed by atoms with E-state index in [2.05, 4.69) is 4.72 Å². The van der Waals surface area contributed by atoms with E-state index >= 15 is 0 Å². The first-order valence-electron chi connectivity index (χ1n) is 6.08. The molecule has 4 nitrogen and oxygen atoms in total. The molecule has 106 valence electrons. The minimum Gasteiger partial charge on any atom is -0.396 e. The number of halogens is 2. The quantitative estimate of drug-likeness (QED) is 0.840. The Morgan fingerprint density at radius 1 is 1.47 bits per heavy atom. The number of nitrogen functional groups attached to an aromatic ring is 1. The predicted octanol–water partition coefficient (Wildman–Crippen LogP) is 2.53. The maximum absolute atomic E-state index is 13.2. The molecule has 0 amide bonds.